The highest BCUT2D eigenvalue weighted by atomic mass is 32.1. The summed E-state index contributed by atoms with van der Waals surface area (Å²) in [6.07, 6.45) is 0. The van der Waals surface area contributed by atoms with E-state index in [-0.39, 0.29) is 5.95 Å². The number of rotatable bonds is 5. The number of hydrogen-bond acceptors (Lipinski definition) is 6. The largest absolute Gasteiger partial charge is 0.370 e. The number of hydrogen-bond donors (Lipinski definition) is 3. The maximum absolute atomic E-state index is 5.67. The van der Waals surface area contributed by atoms with Crippen molar-refractivity contribution in [3.05, 3.63) is 28.0 Å². The Labute approximate surface area is 110 Å². The van der Waals surface area contributed by atoms with E-state index in [1.54, 1.807) is 11.3 Å². The first kappa shape index (κ1) is 12.6. The molecule has 0 bridgehead atoms. The summed E-state index contributed by atoms with van der Waals surface area (Å²) in [6.45, 7) is 5.67. The molecule has 0 unspecified atom stereocenters. The van der Waals surface area contributed by atoms with Crippen molar-refractivity contribution in [2.24, 2.45) is 0 Å². The summed E-state index contributed by atoms with van der Waals surface area (Å²) >= 11 is 1.71. The van der Waals surface area contributed by atoms with E-state index in [0.29, 0.717) is 0 Å². The van der Waals surface area contributed by atoms with Gasteiger partial charge in [0.15, 0.2) is 0 Å². The normalized spacial score (nSPS) is 10.3. The number of nitrogens with zero attached hydrogens (tertiary/aromatic N) is 2. The van der Waals surface area contributed by atoms with Crippen LogP contribution in [0.5, 0.6) is 0 Å². The molecular weight excluding hydrogens is 246 g/mol. The third kappa shape index (κ3) is 3.10. The van der Waals surface area contributed by atoms with E-state index < -0.39 is 0 Å². The highest BCUT2D eigenvalue weighted by Gasteiger charge is 2.03. The predicted molar refractivity (Wildman–Crippen MR) is 77.0 cm³/mol. The molecule has 0 radical (unpaired) electrons. The second-order valence-electron chi connectivity index (χ2n) is 3.96. The minimum Gasteiger partial charge on any atom is -0.370 e. The van der Waals surface area contributed by atoms with E-state index in [1.165, 1.54) is 11.1 Å². The smallest absolute Gasteiger partial charge is 0.223 e. The van der Waals surface area contributed by atoms with E-state index in [2.05, 4.69) is 38.3 Å². The molecule has 0 aromatic carbocycles. The lowest BCUT2D eigenvalue weighted by Crippen LogP contribution is -2.07. The van der Waals surface area contributed by atoms with Gasteiger partial charge in [0.1, 0.15) is 11.6 Å². The number of nitrogens with two attached hydrogens (primary N) is 1. The van der Waals surface area contributed by atoms with Crippen LogP contribution in [0.2, 0.25) is 0 Å². The maximum atomic E-state index is 5.67. The molecule has 96 valence electrons. The number of anilines is 3. The average molecular weight is 263 g/mol. The van der Waals surface area contributed by atoms with Crippen molar-refractivity contribution in [1.82, 2.24) is 9.97 Å². The van der Waals surface area contributed by atoms with Gasteiger partial charge in [-0.15, -0.1) is 0 Å². The van der Waals surface area contributed by atoms with Crippen LogP contribution in [0, 0.1) is 6.92 Å². The molecule has 2 heterocycles. The number of thiophene rings is 1. The van der Waals surface area contributed by atoms with Crippen LogP contribution in [-0.4, -0.2) is 16.5 Å². The van der Waals surface area contributed by atoms with Crippen molar-refractivity contribution in [2.75, 3.05) is 22.9 Å². The van der Waals surface area contributed by atoms with Gasteiger partial charge in [-0.3, -0.25) is 0 Å². The first-order valence-electron chi connectivity index (χ1n) is 5.83. The van der Waals surface area contributed by atoms with Gasteiger partial charge in [-0.2, -0.15) is 21.3 Å². The van der Waals surface area contributed by atoms with Crippen LogP contribution in [0.4, 0.5) is 17.6 Å². The zero-order valence-corrected chi connectivity index (χ0v) is 11.3. The Bertz CT molecular complexity index is 523. The van der Waals surface area contributed by atoms with E-state index in [0.717, 1.165) is 24.7 Å². The maximum Gasteiger partial charge on any atom is 0.223 e. The van der Waals surface area contributed by atoms with Crippen molar-refractivity contribution in [3.8, 4) is 0 Å². The molecule has 4 N–H and O–H groups in total. The monoisotopic (exact) mass is 263 g/mol. The van der Waals surface area contributed by atoms with Crippen molar-refractivity contribution in [2.45, 2.75) is 20.4 Å². The van der Waals surface area contributed by atoms with Gasteiger partial charge in [-0.1, -0.05) is 0 Å². The third-order valence-electron chi connectivity index (χ3n) is 2.52. The number of nitrogens with one attached hydrogen (secondary N) is 2. The molecule has 0 amide bonds. The second-order valence-corrected chi connectivity index (χ2v) is 4.70. The molecule has 2 aromatic rings. The standard InChI is InChI=1S/C12H17N5S/c1-3-14-10-4-11(17-12(13)16-10)15-5-9-7-18-6-8(9)2/h4,6-7H,3,5H2,1-2H3,(H4,13,14,15,16,17). The molecule has 0 spiro atoms. The first-order chi connectivity index (χ1) is 8.69. The Morgan fingerprint density at radius 3 is 2.56 bits per heavy atom. The Hall–Kier alpha value is -1.82. The fourth-order valence-electron chi connectivity index (χ4n) is 1.58. The summed E-state index contributed by atoms with van der Waals surface area (Å²) in [5.41, 5.74) is 8.24. The van der Waals surface area contributed by atoms with E-state index in [4.69, 9.17) is 5.73 Å². The molecule has 18 heavy (non-hydrogen) atoms. The fourth-order valence-corrected chi connectivity index (χ4v) is 2.44. The lowest BCUT2D eigenvalue weighted by Gasteiger charge is -2.08. The minimum atomic E-state index is 0.276. The van der Waals surface area contributed by atoms with Crippen molar-refractivity contribution in [3.63, 3.8) is 0 Å². The van der Waals surface area contributed by atoms with Crippen molar-refractivity contribution in [1.29, 1.82) is 0 Å². The molecule has 0 atom stereocenters. The Morgan fingerprint density at radius 1 is 1.22 bits per heavy atom. The topological polar surface area (TPSA) is 75.9 Å². The SMILES string of the molecule is CCNc1cc(NCc2cscc2C)nc(N)n1. The lowest BCUT2D eigenvalue weighted by molar-refractivity contribution is 1.07. The van der Waals surface area contributed by atoms with Crippen LogP contribution < -0.4 is 16.4 Å². The highest BCUT2D eigenvalue weighted by Crippen LogP contribution is 2.17. The first-order valence-corrected chi connectivity index (χ1v) is 6.77. The van der Waals surface area contributed by atoms with Gasteiger partial charge in [-0.05, 0) is 35.7 Å². The van der Waals surface area contributed by atoms with Crippen LogP contribution in [-0.2, 0) is 6.54 Å². The van der Waals surface area contributed by atoms with Crippen LogP contribution in [0.3, 0.4) is 0 Å². The fraction of sp³-hybridized carbons (Fsp3) is 0.333. The number of aromatic nitrogens is 2. The van der Waals surface area contributed by atoms with Gasteiger partial charge in [0.05, 0.1) is 0 Å². The zero-order valence-electron chi connectivity index (χ0n) is 10.5. The number of nitrogen functional groups attached to an aromatic ring is 1. The molecule has 0 aliphatic carbocycles. The Kier molecular flexibility index (Phi) is 3.99. The van der Waals surface area contributed by atoms with Crippen molar-refractivity contribution >= 4 is 28.9 Å². The van der Waals surface area contributed by atoms with Crippen LogP contribution >= 0.6 is 11.3 Å². The van der Waals surface area contributed by atoms with Gasteiger partial charge < -0.3 is 16.4 Å². The molecule has 0 aliphatic heterocycles. The summed E-state index contributed by atoms with van der Waals surface area (Å²) < 4.78 is 0. The molecule has 0 aliphatic rings. The summed E-state index contributed by atoms with van der Waals surface area (Å²) in [5.74, 6) is 1.76. The Morgan fingerprint density at radius 2 is 1.94 bits per heavy atom. The highest BCUT2D eigenvalue weighted by molar-refractivity contribution is 7.08. The van der Waals surface area contributed by atoms with Crippen molar-refractivity contribution < 1.29 is 0 Å². The van der Waals surface area contributed by atoms with E-state index in [9.17, 15) is 0 Å². The molecule has 2 aromatic heterocycles. The summed E-state index contributed by atoms with van der Waals surface area (Å²) in [4.78, 5) is 8.27. The molecular formula is C12H17N5S. The van der Waals surface area contributed by atoms with Gasteiger partial charge in [0, 0.05) is 19.2 Å². The second kappa shape index (κ2) is 5.68. The van der Waals surface area contributed by atoms with Crippen LogP contribution in [0.1, 0.15) is 18.1 Å². The van der Waals surface area contributed by atoms with Crippen LogP contribution in [0.25, 0.3) is 0 Å². The van der Waals surface area contributed by atoms with Crippen LogP contribution in [0.15, 0.2) is 16.8 Å². The summed E-state index contributed by atoms with van der Waals surface area (Å²) in [5, 5.41) is 10.7. The van der Waals surface area contributed by atoms with E-state index >= 15 is 0 Å². The summed E-state index contributed by atoms with van der Waals surface area (Å²) in [7, 11) is 0. The predicted octanol–water partition coefficient (Wildman–Crippen LogP) is 2.47. The molecule has 0 saturated carbocycles. The minimum absolute atomic E-state index is 0.276. The quantitative estimate of drug-likeness (QED) is 0.772. The lowest BCUT2D eigenvalue weighted by atomic mass is 10.2. The molecule has 6 heteroatoms. The summed E-state index contributed by atoms with van der Waals surface area (Å²) in [6, 6.07) is 1.86. The molecule has 0 fully saturated rings. The number of aryl methyl sites for hydroxylation is 1. The molecule has 5 nitrogen and oxygen atoms in total. The zero-order chi connectivity index (χ0) is 13.0. The van der Waals surface area contributed by atoms with Gasteiger partial charge in [0.2, 0.25) is 5.95 Å². The molecule has 0 saturated heterocycles. The molecule has 2 rings (SSSR count). The third-order valence-corrected chi connectivity index (χ3v) is 3.43. The van der Waals surface area contributed by atoms with Gasteiger partial charge in [-0.25, -0.2) is 0 Å². The average Bonchev–Trinajstić information content (AvgIpc) is 2.72. The van der Waals surface area contributed by atoms with Gasteiger partial charge >= 0.3 is 0 Å². The van der Waals surface area contributed by atoms with E-state index in [1.807, 2.05) is 13.0 Å². The Balaban J connectivity index is 2.07. The van der Waals surface area contributed by atoms with Gasteiger partial charge in [0.25, 0.3) is 0 Å².